The fourth-order valence-electron chi connectivity index (χ4n) is 1.72. The van der Waals surface area contributed by atoms with E-state index in [2.05, 4.69) is 18.9 Å². The Balaban J connectivity index is 2.35. The summed E-state index contributed by atoms with van der Waals surface area (Å²) in [6.45, 7) is 4.13. The quantitative estimate of drug-likeness (QED) is 0.735. The first-order valence-electron chi connectivity index (χ1n) is 6.22. The predicted octanol–water partition coefficient (Wildman–Crippen LogP) is 2.96. The monoisotopic (exact) mass is 267 g/mol. The molecule has 4 heteroatoms. The lowest BCUT2D eigenvalue weighted by Gasteiger charge is -2.16. The smallest absolute Gasteiger partial charge is 0.335 e. The highest BCUT2D eigenvalue weighted by atomic mass is 32.2. The van der Waals surface area contributed by atoms with Gasteiger partial charge in [-0.05, 0) is 49.2 Å². The standard InChI is InChI=1S/C14H21NO2S/c1-3-18-10-4-9-15(2)11-12-5-7-13(8-6-12)14(16)17/h5-8H,3-4,9-11H2,1-2H3,(H,16,17). The van der Waals surface area contributed by atoms with E-state index in [1.165, 1.54) is 17.9 Å². The van der Waals surface area contributed by atoms with Crippen LogP contribution in [0.1, 0.15) is 29.3 Å². The largest absolute Gasteiger partial charge is 0.478 e. The van der Waals surface area contributed by atoms with E-state index in [0.29, 0.717) is 5.56 Å². The van der Waals surface area contributed by atoms with Gasteiger partial charge in [0.05, 0.1) is 5.56 Å². The van der Waals surface area contributed by atoms with Crippen LogP contribution in [-0.2, 0) is 6.54 Å². The lowest BCUT2D eigenvalue weighted by atomic mass is 10.1. The SMILES string of the molecule is CCSCCCN(C)Cc1ccc(C(=O)O)cc1. The molecule has 1 aromatic rings. The maximum atomic E-state index is 10.7. The van der Waals surface area contributed by atoms with E-state index >= 15 is 0 Å². The molecule has 0 saturated carbocycles. The second-order valence-corrected chi connectivity index (χ2v) is 5.68. The minimum absolute atomic E-state index is 0.348. The number of carboxylic acids is 1. The summed E-state index contributed by atoms with van der Waals surface area (Å²) in [6.07, 6.45) is 1.20. The van der Waals surface area contributed by atoms with Crippen molar-refractivity contribution >= 4 is 17.7 Å². The van der Waals surface area contributed by atoms with Gasteiger partial charge in [0.15, 0.2) is 0 Å². The van der Waals surface area contributed by atoms with Gasteiger partial charge in [-0.1, -0.05) is 19.1 Å². The third-order valence-electron chi connectivity index (χ3n) is 2.69. The van der Waals surface area contributed by atoms with Gasteiger partial charge in [0.1, 0.15) is 0 Å². The molecule has 0 atom stereocenters. The van der Waals surface area contributed by atoms with Crippen LogP contribution in [0.2, 0.25) is 0 Å². The van der Waals surface area contributed by atoms with Crippen molar-refractivity contribution in [3.8, 4) is 0 Å². The first-order valence-corrected chi connectivity index (χ1v) is 7.37. The summed E-state index contributed by atoms with van der Waals surface area (Å²) in [5.41, 5.74) is 1.51. The van der Waals surface area contributed by atoms with Crippen LogP contribution in [0.4, 0.5) is 0 Å². The van der Waals surface area contributed by atoms with Gasteiger partial charge in [0.25, 0.3) is 0 Å². The molecule has 0 aromatic heterocycles. The molecule has 0 amide bonds. The topological polar surface area (TPSA) is 40.5 Å². The Bertz CT molecular complexity index is 365. The van der Waals surface area contributed by atoms with Gasteiger partial charge < -0.3 is 10.0 Å². The van der Waals surface area contributed by atoms with Crippen LogP contribution in [0.5, 0.6) is 0 Å². The van der Waals surface area contributed by atoms with Crippen molar-refractivity contribution in [2.24, 2.45) is 0 Å². The molecule has 1 rings (SSSR count). The van der Waals surface area contributed by atoms with Gasteiger partial charge in [-0.2, -0.15) is 11.8 Å². The van der Waals surface area contributed by atoms with Crippen LogP contribution in [0.15, 0.2) is 24.3 Å². The van der Waals surface area contributed by atoms with E-state index in [1.54, 1.807) is 12.1 Å². The lowest BCUT2D eigenvalue weighted by Crippen LogP contribution is -2.19. The summed E-state index contributed by atoms with van der Waals surface area (Å²) < 4.78 is 0. The van der Waals surface area contributed by atoms with Gasteiger partial charge in [0, 0.05) is 6.54 Å². The average Bonchev–Trinajstić information content (AvgIpc) is 2.35. The molecule has 0 fully saturated rings. The third-order valence-corrected chi connectivity index (χ3v) is 3.67. The lowest BCUT2D eigenvalue weighted by molar-refractivity contribution is 0.0697. The molecule has 0 aliphatic carbocycles. The summed E-state index contributed by atoms with van der Waals surface area (Å²) in [7, 11) is 2.10. The molecule has 0 saturated heterocycles. The van der Waals surface area contributed by atoms with Crippen molar-refractivity contribution in [1.82, 2.24) is 4.90 Å². The van der Waals surface area contributed by atoms with Crippen LogP contribution in [0, 0.1) is 0 Å². The number of rotatable bonds is 8. The molecule has 0 heterocycles. The number of carboxylic acid groups (broad SMARTS) is 1. The summed E-state index contributed by atoms with van der Waals surface area (Å²) in [5, 5.41) is 8.81. The molecule has 0 aliphatic heterocycles. The zero-order chi connectivity index (χ0) is 13.4. The fraction of sp³-hybridized carbons (Fsp3) is 0.500. The highest BCUT2D eigenvalue weighted by Crippen LogP contribution is 2.08. The van der Waals surface area contributed by atoms with Gasteiger partial charge in [-0.25, -0.2) is 4.79 Å². The van der Waals surface area contributed by atoms with Crippen LogP contribution in [0.25, 0.3) is 0 Å². The normalized spacial score (nSPS) is 10.8. The van der Waals surface area contributed by atoms with E-state index < -0.39 is 5.97 Å². The van der Waals surface area contributed by atoms with E-state index in [1.807, 2.05) is 23.9 Å². The fourth-order valence-corrected chi connectivity index (χ4v) is 2.35. The molecule has 1 N–H and O–H groups in total. The zero-order valence-corrected chi connectivity index (χ0v) is 11.9. The molecule has 100 valence electrons. The van der Waals surface area contributed by atoms with Crippen molar-refractivity contribution in [2.75, 3.05) is 25.1 Å². The first-order chi connectivity index (χ1) is 8.63. The van der Waals surface area contributed by atoms with E-state index in [0.717, 1.165) is 18.7 Å². The Kier molecular flexibility index (Phi) is 6.83. The number of aromatic carboxylic acids is 1. The Hall–Kier alpha value is -1.00. The maximum Gasteiger partial charge on any atom is 0.335 e. The van der Waals surface area contributed by atoms with Crippen molar-refractivity contribution in [3.05, 3.63) is 35.4 Å². The molecular formula is C14H21NO2S. The van der Waals surface area contributed by atoms with Gasteiger partial charge >= 0.3 is 5.97 Å². The van der Waals surface area contributed by atoms with Crippen molar-refractivity contribution in [3.63, 3.8) is 0 Å². The second-order valence-electron chi connectivity index (χ2n) is 4.29. The number of hydrogen-bond acceptors (Lipinski definition) is 3. The number of hydrogen-bond donors (Lipinski definition) is 1. The molecule has 3 nitrogen and oxygen atoms in total. The number of nitrogens with zero attached hydrogens (tertiary/aromatic N) is 1. The molecule has 0 spiro atoms. The molecular weight excluding hydrogens is 246 g/mol. The molecule has 0 bridgehead atoms. The predicted molar refractivity (Wildman–Crippen MR) is 77.4 cm³/mol. The summed E-state index contributed by atoms with van der Waals surface area (Å²) >= 11 is 1.97. The van der Waals surface area contributed by atoms with E-state index in [4.69, 9.17) is 5.11 Å². The van der Waals surface area contributed by atoms with Crippen molar-refractivity contribution < 1.29 is 9.90 Å². The number of benzene rings is 1. The van der Waals surface area contributed by atoms with Crippen LogP contribution in [-0.4, -0.2) is 41.1 Å². The Morgan fingerprint density at radius 2 is 2.00 bits per heavy atom. The second kappa shape index (κ2) is 8.16. The Morgan fingerprint density at radius 1 is 1.33 bits per heavy atom. The van der Waals surface area contributed by atoms with Gasteiger partial charge in [-0.3, -0.25) is 0 Å². The van der Waals surface area contributed by atoms with Gasteiger partial charge in [-0.15, -0.1) is 0 Å². The van der Waals surface area contributed by atoms with Crippen LogP contribution < -0.4 is 0 Å². The van der Waals surface area contributed by atoms with Crippen LogP contribution >= 0.6 is 11.8 Å². The first kappa shape index (κ1) is 15.1. The van der Waals surface area contributed by atoms with E-state index in [9.17, 15) is 4.79 Å². The summed E-state index contributed by atoms with van der Waals surface area (Å²) in [4.78, 5) is 13.0. The molecule has 0 aliphatic rings. The Morgan fingerprint density at radius 3 is 2.56 bits per heavy atom. The average molecular weight is 267 g/mol. The van der Waals surface area contributed by atoms with Crippen molar-refractivity contribution in [2.45, 2.75) is 19.9 Å². The van der Waals surface area contributed by atoms with Gasteiger partial charge in [0.2, 0.25) is 0 Å². The summed E-state index contributed by atoms with van der Waals surface area (Å²) in [6, 6.07) is 7.11. The zero-order valence-electron chi connectivity index (χ0n) is 11.1. The number of carbonyl (C=O) groups is 1. The molecule has 18 heavy (non-hydrogen) atoms. The highest BCUT2D eigenvalue weighted by molar-refractivity contribution is 7.99. The Labute approximate surface area is 113 Å². The molecule has 0 radical (unpaired) electrons. The number of thioether (sulfide) groups is 1. The van der Waals surface area contributed by atoms with Crippen LogP contribution in [0.3, 0.4) is 0 Å². The van der Waals surface area contributed by atoms with E-state index in [-0.39, 0.29) is 0 Å². The minimum Gasteiger partial charge on any atom is -0.478 e. The molecule has 0 unspecified atom stereocenters. The summed E-state index contributed by atoms with van der Waals surface area (Å²) in [5.74, 6) is 1.52. The van der Waals surface area contributed by atoms with Crippen molar-refractivity contribution in [1.29, 1.82) is 0 Å². The third kappa shape index (κ3) is 5.56. The molecule has 1 aromatic carbocycles. The maximum absolute atomic E-state index is 10.7. The minimum atomic E-state index is -0.869. The highest BCUT2D eigenvalue weighted by Gasteiger charge is 2.03.